The molecule has 0 radical (unpaired) electrons. The molecule has 1 aromatic heterocycles. The molecule has 7 nitrogen and oxygen atoms in total. The Morgan fingerprint density at radius 1 is 1.15 bits per heavy atom. The molecule has 1 aromatic carbocycles. The van der Waals surface area contributed by atoms with Crippen LogP contribution in [-0.2, 0) is 0 Å². The maximum absolute atomic E-state index is 11.9. The maximum Gasteiger partial charge on any atom is 0.412 e. The van der Waals surface area contributed by atoms with Crippen LogP contribution in [0.25, 0.3) is 0 Å². The van der Waals surface area contributed by atoms with Crippen LogP contribution in [0.4, 0.5) is 16.6 Å². The average Bonchev–Trinajstić information content (AvgIpc) is 2.68. The minimum absolute atomic E-state index is 0.370. The summed E-state index contributed by atoms with van der Waals surface area (Å²) in [6, 6.07) is 11.4. The van der Waals surface area contributed by atoms with E-state index in [1.54, 1.807) is 18.3 Å². The monoisotopic (exact) mass is 369 g/mol. The second-order valence-corrected chi connectivity index (χ2v) is 7.08. The summed E-state index contributed by atoms with van der Waals surface area (Å²) in [7, 11) is 3.93. The van der Waals surface area contributed by atoms with Crippen molar-refractivity contribution in [1.29, 1.82) is 0 Å². The average molecular weight is 369 g/mol. The molecule has 1 fully saturated rings. The Labute approximate surface area is 160 Å². The van der Waals surface area contributed by atoms with Crippen LogP contribution in [0.3, 0.4) is 0 Å². The van der Waals surface area contributed by atoms with Gasteiger partial charge in [0, 0.05) is 32.9 Å². The Morgan fingerprint density at radius 2 is 1.89 bits per heavy atom. The van der Waals surface area contributed by atoms with E-state index >= 15 is 0 Å². The molecular weight excluding hydrogens is 342 g/mol. The van der Waals surface area contributed by atoms with E-state index in [0.717, 1.165) is 31.5 Å². The van der Waals surface area contributed by atoms with Crippen molar-refractivity contribution in [3.63, 3.8) is 0 Å². The zero-order valence-electron chi connectivity index (χ0n) is 15.9. The number of nitrogens with one attached hydrogen (secondary N) is 2. The third-order valence-corrected chi connectivity index (χ3v) is 4.77. The first-order valence-corrected chi connectivity index (χ1v) is 9.38. The van der Waals surface area contributed by atoms with E-state index in [9.17, 15) is 4.79 Å². The highest BCUT2D eigenvalue weighted by atomic mass is 16.6. The Balaban J connectivity index is 1.39. The molecule has 7 heteroatoms. The SMILES string of the molecule is CN(C)c1ccnc(NC2CCC(CNC(=O)Oc3ccccc3)CC2)n1. The normalized spacial score (nSPS) is 19.2. The molecule has 1 saturated carbocycles. The summed E-state index contributed by atoms with van der Waals surface area (Å²) < 4.78 is 5.25. The highest BCUT2D eigenvalue weighted by molar-refractivity contribution is 5.70. The van der Waals surface area contributed by atoms with Crippen LogP contribution in [-0.4, -0.2) is 42.7 Å². The first-order valence-electron chi connectivity index (χ1n) is 9.38. The molecule has 0 aliphatic heterocycles. The van der Waals surface area contributed by atoms with Gasteiger partial charge in [-0.2, -0.15) is 4.98 Å². The van der Waals surface area contributed by atoms with Gasteiger partial charge in [-0.3, -0.25) is 0 Å². The van der Waals surface area contributed by atoms with E-state index in [4.69, 9.17) is 4.74 Å². The summed E-state index contributed by atoms with van der Waals surface area (Å²) in [6.45, 7) is 0.644. The topological polar surface area (TPSA) is 79.4 Å². The number of benzene rings is 1. The van der Waals surface area contributed by atoms with Gasteiger partial charge in [-0.05, 0) is 49.8 Å². The number of hydrogen-bond acceptors (Lipinski definition) is 6. The Morgan fingerprint density at radius 3 is 2.59 bits per heavy atom. The van der Waals surface area contributed by atoms with Gasteiger partial charge in [0.2, 0.25) is 5.95 Å². The fourth-order valence-corrected chi connectivity index (χ4v) is 3.22. The predicted octanol–water partition coefficient (Wildman–Crippen LogP) is 3.30. The van der Waals surface area contributed by atoms with Crippen molar-refractivity contribution in [3.8, 4) is 5.75 Å². The third kappa shape index (κ3) is 5.84. The number of para-hydroxylation sites is 1. The lowest BCUT2D eigenvalue weighted by molar-refractivity contribution is 0.196. The Hall–Kier alpha value is -2.83. The van der Waals surface area contributed by atoms with E-state index in [0.29, 0.717) is 30.2 Å². The van der Waals surface area contributed by atoms with E-state index < -0.39 is 6.09 Å². The predicted molar refractivity (Wildman–Crippen MR) is 106 cm³/mol. The van der Waals surface area contributed by atoms with Crippen molar-refractivity contribution in [2.45, 2.75) is 31.7 Å². The zero-order chi connectivity index (χ0) is 19.1. The van der Waals surface area contributed by atoms with Crippen molar-refractivity contribution >= 4 is 17.9 Å². The molecule has 1 heterocycles. The second kappa shape index (κ2) is 9.21. The highest BCUT2D eigenvalue weighted by Crippen LogP contribution is 2.25. The molecule has 2 N–H and O–H groups in total. The van der Waals surface area contributed by atoms with Crippen molar-refractivity contribution in [2.24, 2.45) is 5.92 Å². The highest BCUT2D eigenvalue weighted by Gasteiger charge is 2.22. The number of carbonyl (C=O) groups is 1. The van der Waals surface area contributed by atoms with Crippen LogP contribution in [0.5, 0.6) is 5.75 Å². The summed E-state index contributed by atoms with van der Waals surface area (Å²) in [5.41, 5.74) is 0. The van der Waals surface area contributed by atoms with Gasteiger partial charge in [0.05, 0.1) is 0 Å². The fraction of sp³-hybridized carbons (Fsp3) is 0.450. The van der Waals surface area contributed by atoms with Gasteiger partial charge in [0.15, 0.2) is 0 Å². The summed E-state index contributed by atoms with van der Waals surface area (Å²) in [6.07, 6.45) is 5.56. The molecular formula is C20H27N5O2. The minimum Gasteiger partial charge on any atom is -0.410 e. The molecule has 3 rings (SSSR count). The van der Waals surface area contributed by atoms with Gasteiger partial charge in [0.1, 0.15) is 11.6 Å². The van der Waals surface area contributed by atoms with Crippen molar-refractivity contribution in [2.75, 3.05) is 30.9 Å². The number of rotatable bonds is 6. The lowest BCUT2D eigenvalue weighted by Crippen LogP contribution is -2.35. The molecule has 1 amide bonds. The number of aromatic nitrogens is 2. The molecule has 27 heavy (non-hydrogen) atoms. The number of nitrogens with zero attached hydrogens (tertiary/aromatic N) is 3. The summed E-state index contributed by atoms with van der Waals surface area (Å²) in [5, 5.41) is 6.31. The second-order valence-electron chi connectivity index (χ2n) is 7.08. The van der Waals surface area contributed by atoms with Gasteiger partial charge in [-0.1, -0.05) is 18.2 Å². The molecule has 1 aliphatic carbocycles. The molecule has 144 valence electrons. The van der Waals surface area contributed by atoms with Crippen molar-refractivity contribution < 1.29 is 9.53 Å². The van der Waals surface area contributed by atoms with Crippen LogP contribution < -0.4 is 20.3 Å². The van der Waals surface area contributed by atoms with Gasteiger partial charge in [0.25, 0.3) is 0 Å². The number of carbonyl (C=O) groups excluding carboxylic acids is 1. The smallest absolute Gasteiger partial charge is 0.410 e. The number of amides is 1. The quantitative estimate of drug-likeness (QED) is 0.813. The number of ether oxygens (including phenoxy) is 1. The van der Waals surface area contributed by atoms with E-state index in [1.807, 2.05) is 43.3 Å². The number of hydrogen-bond donors (Lipinski definition) is 2. The molecule has 0 saturated heterocycles. The van der Waals surface area contributed by atoms with Crippen LogP contribution in [0.1, 0.15) is 25.7 Å². The fourth-order valence-electron chi connectivity index (χ4n) is 3.22. The zero-order valence-corrected chi connectivity index (χ0v) is 15.9. The lowest BCUT2D eigenvalue weighted by Gasteiger charge is -2.29. The van der Waals surface area contributed by atoms with Gasteiger partial charge in [-0.25, -0.2) is 9.78 Å². The Bertz CT molecular complexity index is 730. The van der Waals surface area contributed by atoms with Crippen molar-refractivity contribution in [1.82, 2.24) is 15.3 Å². The third-order valence-electron chi connectivity index (χ3n) is 4.77. The van der Waals surface area contributed by atoms with Crippen LogP contribution in [0, 0.1) is 5.92 Å². The lowest BCUT2D eigenvalue weighted by atomic mass is 9.86. The summed E-state index contributed by atoms with van der Waals surface area (Å²) in [5.74, 6) is 2.60. The van der Waals surface area contributed by atoms with Gasteiger partial charge >= 0.3 is 6.09 Å². The van der Waals surface area contributed by atoms with E-state index in [-0.39, 0.29) is 0 Å². The standard InChI is InChI=1S/C20H27N5O2/c1-25(2)18-12-13-21-19(24-18)23-16-10-8-15(9-11-16)14-22-20(26)27-17-6-4-3-5-7-17/h3-7,12-13,15-16H,8-11,14H2,1-2H3,(H,22,26)(H,21,23,24). The molecule has 1 aliphatic rings. The summed E-state index contributed by atoms with van der Waals surface area (Å²) >= 11 is 0. The van der Waals surface area contributed by atoms with Crippen LogP contribution in [0.15, 0.2) is 42.6 Å². The first-order chi connectivity index (χ1) is 13.1. The van der Waals surface area contributed by atoms with Crippen molar-refractivity contribution in [3.05, 3.63) is 42.6 Å². The van der Waals surface area contributed by atoms with Crippen LogP contribution >= 0.6 is 0 Å². The molecule has 0 unspecified atom stereocenters. The molecule has 2 aromatic rings. The molecule has 0 spiro atoms. The molecule has 0 atom stereocenters. The molecule has 0 bridgehead atoms. The van der Waals surface area contributed by atoms with Gasteiger partial charge < -0.3 is 20.3 Å². The van der Waals surface area contributed by atoms with E-state index in [1.165, 1.54) is 0 Å². The van der Waals surface area contributed by atoms with E-state index in [2.05, 4.69) is 20.6 Å². The largest absolute Gasteiger partial charge is 0.412 e. The van der Waals surface area contributed by atoms with Crippen LogP contribution in [0.2, 0.25) is 0 Å². The number of anilines is 2. The van der Waals surface area contributed by atoms with Gasteiger partial charge in [-0.15, -0.1) is 0 Å². The Kier molecular flexibility index (Phi) is 6.46. The summed E-state index contributed by atoms with van der Waals surface area (Å²) in [4.78, 5) is 22.7. The maximum atomic E-state index is 11.9. The minimum atomic E-state index is -0.393. The first kappa shape index (κ1) is 18.9.